The third-order valence-corrected chi connectivity index (χ3v) is 2.43. The number of carbonyl (C=O) groups excluding carboxylic acids is 1. The van der Waals surface area contributed by atoms with E-state index in [2.05, 4.69) is 31.4 Å². The van der Waals surface area contributed by atoms with Gasteiger partial charge in [-0.25, -0.2) is 4.98 Å². The SMILES string of the molecule is Cc1cc(NC(=O)c2cc(Br)cnc2N)on1. The number of nitrogens with one attached hydrogen (secondary N) is 1. The standard InChI is InChI=1S/C10H9BrN4O2/c1-5-2-8(17-15-5)14-10(16)7-3-6(11)4-13-9(7)12/h2-4H,1H3,(H2,12,13)(H,14,16). The number of carbonyl (C=O) groups is 1. The highest BCUT2D eigenvalue weighted by Gasteiger charge is 2.13. The third kappa shape index (κ3) is 2.62. The molecule has 0 aromatic carbocycles. The number of amides is 1. The smallest absolute Gasteiger partial charge is 0.261 e. The number of rotatable bonds is 2. The van der Waals surface area contributed by atoms with Crippen LogP contribution in [0.4, 0.5) is 11.7 Å². The molecular formula is C10H9BrN4O2. The number of halogens is 1. The second-order valence-corrected chi connectivity index (χ2v) is 4.29. The van der Waals surface area contributed by atoms with Crippen molar-refractivity contribution in [2.45, 2.75) is 6.92 Å². The highest BCUT2D eigenvalue weighted by Crippen LogP contribution is 2.17. The van der Waals surface area contributed by atoms with Gasteiger partial charge in [0.1, 0.15) is 5.82 Å². The van der Waals surface area contributed by atoms with Crippen molar-refractivity contribution in [1.29, 1.82) is 0 Å². The predicted octanol–water partition coefficient (Wildman–Crippen LogP) is 1.98. The summed E-state index contributed by atoms with van der Waals surface area (Å²) in [6.45, 7) is 1.76. The lowest BCUT2D eigenvalue weighted by Crippen LogP contribution is -2.14. The van der Waals surface area contributed by atoms with Crippen LogP contribution < -0.4 is 11.1 Å². The molecule has 0 aliphatic rings. The normalized spacial score (nSPS) is 10.2. The van der Waals surface area contributed by atoms with Gasteiger partial charge in [0.15, 0.2) is 0 Å². The number of aryl methyl sites for hydroxylation is 1. The maximum Gasteiger partial charge on any atom is 0.261 e. The highest BCUT2D eigenvalue weighted by atomic mass is 79.9. The average molecular weight is 297 g/mol. The number of anilines is 2. The van der Waals surface area contributed by atoms with Crippen LogP contribution in [-0.2, 0) is 0 Å². The van der Waals surface area contributed by atoms with Crippen LogP contribution in [-0.4, -0.2) is 16.0 Å². The Kier molecular flexibility index (Phi) is 3.10. The number of nitrogens with zero attached hydrogens (tertiary/aromatic N) is 2. The Morgan fingerprint density at radius 1 is 1.53 bits per heavy atom. The van der Waals surface area contributed by atoms with Crippen LogP contribution in [0.1, 0.15) is 16.1 Å². The van der Waals surface area contributed by atoms with Gasteiger partial charge in [-0.2, -0.15) is 0 Å². The van der Waals surface area contributed by atoms with E-state index >= 15 is 0 Å². The fourth-order valence-electron chi connectivity index (χ4n) is 1.23. The van der Waals surface area contributed by atoms with Gasteiger partial charge in [-0.1, -0.05) is 5.16 Å². The van der Waals surface area contributed by atoms with Crippen LogP contribution in [0.2, 0.25) is 0 Å². The molecule has 6 nitrogen and oxygen atoms in total. The second kappa shape index (κ2) is 4.54. The van der Waals surface area contributed by atoms with Crippen molar-refractivity contribution in [2.24, 2.45) is 0 Å². The fourth-order valence-corrected chi connectivity index (χ4v) is 1.56. The minimum atomic E-state index is -0.396. The average Bonchev–Trinajstić information content (AvgIpc) is 2.67. The first-order valence-corrected chi connectivity index (χ1v) is 5.51. The Morgan fingerprint density at radius 2 is 2.29 bits per heavy atom. The maximum atomic E-state index is 11.9. The van der Waals surface area contributed by atoms with Crippen molar-refractivity contribution >= 4 is 33.5 Å². The summed E-state index contributed by atoms with van der Waals surface area (Å²) in [6, 6.07) is 3.19. The van der Waals surface area contributed by atoms with E-state index in [4.69, 9.17) is 10.3 Å². The Balaban J connectivity index is 2.22. The second-order valence-electron chi connectivity index (χ2n) is 3.37. The van der Waals surface area contributed by atoms with Gasteiger partial charge in [0, 0.05) is 16.7 Å². The quantitative estimate of drug-likeness (QED) is 0.883. The summed E-state index contributed by atoms with van der Waals surface area (Å²) in [5, 5.41) is 6.20. The zero-order valence-corrected chi connectivity index (χ0v) is 10.5. The molecule has 0 aliphatic carbocycles. The van der Waals surface area contributed by atoms with Crippen LogP contribution in [0, 0.1) is 6.92 Å². The van der Waals surface area contributed by atoms with Gasteiger partial charge < -0.3 is 10.3 Å². The molecule has 3 N–H and O–H groups in total. The fraction of sp³-hybridized carbons (Fsp3) is 0.100. The van der Waals surface area contributed by atoms with Crippen molar-refractivity contribution in [3.63, 3.8) is 0 Å². The summed E-state index contributed by atoms with van der Waals surface area (Å²) in [6.07, 6.45) is 1.52. The summed E-state index contributed by atoms with van der Waals surface area (Å²) >= 11 is 3.22. The number of pyridine rings is 1. The van der Waals surface area contributed by atoms with Gasteiger partial charge in [0.25, 0.3) is 5.91 Å². The lowest BCUT2D eigenvalue weighted by molar-refractivity contribution is 0.102. The first-order chi connectivity index (χ1) is 8.06. The molecule has 2 aromatic heterocycles. The summed E-state index contributed by atoms with van der Waals surface area (Å²) in [4.78, 5) is 15.7. The molecule has 0 saturated heterocycles. The maximum absolute atomic E-state index is 11.9. The van der Waals surface area contributed by atoms with Gasteiger partial charge in [-0.05, 0) is 28.9 Å². The number of nitrogens with two attached hydrogens (primary N) is 1. The summed E-state index contributed by atoms with van der Waals surface area (Å²) in [5.74, 6) is 0.0289. The zero-order chi connectivity index (χ0) is 12.4. The van der Waals surface area contributed by atoms with Crippen molar-refractivity contribution in [3.8, 4) is 0 Å². The minimum absolute atomic E-state index is 0.155. The molecule has 2 aromatic rings. The number of hydrogen-bond acceptors (Lipinski definition) is 5. The third-order valence-electron chi connectivity index (χ3n) is 1.99. The largest absolute Gasteiger partial charge is 0.383 e. The van der Waals surface area contributed by atoms with Gasteiger partial charge in [-0.15, -0.1) is 0 Å². The van der Waals surface area contributed by atoms with Crippen molar-refractivity contribution < 1.29 is 9.32 Å². The van der Waals surface area contributed by atoms with Crippen molar-refractivity contribution in [3.05, 3.63) is 34.1 Å². The number of nitrogen functional groups attached to an aromatic ring is 1. The van der Waals surface area contributed by atoms with Crippen LogP contribution in [0.3, 0.4) is 0 Å². The highest BCUT2D eigenvalue weighted by molar-refractivity contribution is 9.10. The molecular weight excluding hydrogens is 288 g/mol. The van der Waals surface area contributed by atoms with E-state index in [9.17, 15) is 4.79 Å². The van der Waals surface area contributed by atoms with Crippen molar-refractivity contribution in [2.75, 3.05) is 11.1 Å². The molecule has 2 heterocycles. The van der Waals surface area contributed by atoms with Gasteiger partial charge in [-0.3, -0.25) is 10.1 Å². The molecule has 0 atom stereocenters. The predicted molar refractivity (Wildman–Crippen MR) is 65.5 cm³/mol. The van der Waals surface area contributed by atoms with Gasteiger partial charge in [0.05, 0.1) is 11.3 Å². The van der Waals surface area contributed by atoms with Crippen LogP contribution in [0.25, 0.3) is 0 Å². The van der Waals surface area contributed by atoms with Crippen LogP contribution in [0.5, 0.6) is 0 Å². The summed E-state index contributed by atoms with van der Waals surface area (Å²) in [5.41, 5.74) is 6.56. The molecule has 7 heteroatoms. The van der Waals surface area contributed by atoms with E-state index in [0.29, 0.717) is 10.2 Å². The molecule has 0 fully saturated rings. The zero-order valence-electron chi connectivity index (χ0n) is 8.90. The van der Waals surface area contributed by atoms with Crippen LogP contribution in [0.15, 0.2) is 27.3 Å². The summed E-state index contributed by atoms with van der Waals surface area (Å²) in [7, 11) is 0. The van der Waals surface area contributed by atoms with E-state index in [1.54, 1.807) is 19.1 Å². The molecule has 0 radical (unpaired) electrons. The molecule has 0 aliphatic heterocycles. The Hall–Kier alpha value is -1.89. The Bertz CT molecular complexity index is 567. The van der Waals surface area contributed by atoms with Crippen molar-refractivity contribution in [1.82, 2.24) is 10.1 Å². The molecule has 88 valence electrons. The van der Waals surface area contributed by atoms with Gasteiger partial charge in [0.2, 0.25) is 5.88 Å². The van der Waals surface area contributed by atoms with Crippen LogP contribution >= 0.6 is 15.9 Å². The topological polar surface area (TPSA) is 94.0 Å². The van der Waals surface area contributed by atoms with E-state index < -0.39 is 5.91 Å². The van der Waals surface area contributed by atoms with E-state index in [1.807, 2.05) is 0 Å². The first-order valence-electron chi connectivity index (χ1n) is 4.72. The molecule has 0 unspecified atom stereocenters. The van der Waals surface area contributed by atoms with Gasteiger partial charge >= 0.3 is 0 Å². The van der Waals surface area contributed by atoms with E-state index in [-0.39, 0.29) is 17.3 Å². The summed E-state index contributed by atoms with van der Waals surface area (Å²) < 4.78 is 5.54. The lowest BCUT2D eigenvalue weighted by atomic mass is 10.2. The Morgan fingerprint density at radius 3 is 2.94 bits per heavy atom. The van der Waals surface area contributed by atoms with E-state index in [0.717, 1.165) is 0 Å². The molecule has 2 rings (SSSR count). The molecule has 0 saturated carbocycles. The number of hydrogen-bond donors (Lipinski definition) is 2. The minimum Gasteiger partial charge on any atom is -0.383 e. The molecule has 1 amide bonds. The lowest BCUT2D eigenvalue weighted by Gasteiger charge is -2.04. The molecule has 17 heavy (non-hydrogen) atoms. The molecule has 0 spiro atoms. The first kappa shape index (κ1) is 11.6. The number of aromatic nitrogens is 2. The monoisotopic (exact) mass is 296 g/mol. The van der Waals surface area contributed by atoms with E-state index in [1.165, 1.54) is 6.20 Å². The Labute approximate surface area is 105 Å². The molecule has 0 bridgehead atoms.